The number of hydrogen-bond acceptors (Lipinski definition) is 4. The molecule has 4 heteroatoms. The highest BCUT2D eigenvalue weighted by atomic mass is 32.2. The number of Topliss-reactive ketones (excluding diaryl/α,β-unsaturated/α-hetero) is 1. The van der Waals surface area contributed by atoms with Crippen molar-refractivity contribution >= 4 is 39.3 Å². The van der Waals surface area contributed by atoms with E-state index in [1.807, 2.05) is 42.5 Å². The van der Waals surface area contributed by atoms with E-state index in [0.29, 0.717) is 5.58 Å². The zero-order valence-corrected chi connectivity index (χ0v) is 14.1. The van der Waals surface area contributed by atoms with Gasteiger partial charge in [-0.15, -0.1) is 11.8 Å². The second-order valence-electron chi connectivity index (χ2n) is 5.71. The van der Waals surface area contributed by atoms with Gasteiger partial charge in [-0.3, -0.25) is 4.79 Å². The summed E-state index contributed by atoms with van der Waals surface area (Å²) in [6.07, 6.45) is 0. The van der Waals surface area contributed by atoms with E-state index in [1.54, 1.807) is 18.2 Å². The molecule has 4 aromatic rings. The molecule has 0 aliphatic rings. The van der Waals surface area contributed by atoms with Gasteiger partial charge in [0.05, 0.1) is 5.75 Å². The first-order valence-corrected chi connectivity index (χ1v) is 8.87. The maximum Gasteiger partial charge on any atom is 0.347 e. The molecule has 1 aromatic heterocycles. The molecule has 3 aromatic carbocycles. The van der Waals surface area contributed by atoms with Crippen LogP contribution in [0.3, 0.4) is 0 Å². The van der Waals surface area contributed by atoms with Crippen LogP contribution < -0.4 is 5.63 Å². The average Bonchev–Trinajstić information content (AvgIpc) is 2.65. The van der Waals surface area contributed by atoms with Crippen molar-refractivity contribution < 1.29 is 9.21 Å². The van der Waals surface area contributed by atoms with E-state index in [0.717, 1.165) is 21.1 Å². The normalized spacial score (nSPS) is 11.0. The van der Waals surface area contributed by atoms with Crippen LogP contribution in [0.1, 0.15) is 10.4 Å². The van der Waals surface area contributed by atoms with Gasteiger partial charge in [0.15, 0.2) is 5.78 Å². The lowest BCUT2D eigenvalue weighted by Gasteiger charge is -2.04. The van der Waals surface area contributed by atoms with Gasteiger partial charge >= 0.3 is 5.63 Å². The van der Waals surface area contributed by atoms with Crippen molar-refractivity contribution in [2.45, 2.75) is 4.90 Å². The molecular formula is C21H14O3S. The number of carbonyl (C=O) groups is 1. The summed E-state index contributed by atoms with van der Waals surface area (Å²) in [7, 11) is 0. The number of hydrogen-bond donors (Lipinski definition) is 0. The largest absolute Gasteiger partial charge is 0.422 e. The lowest BCUT2D eigenvalue weighted by atomic mass is 10.1. The van der Waals surface area contributed by atoms with E-state index in [-0.39, 0.29) is 17.1 Å². The summed E-state index contributed by atoms with van der Waals surface area (Å²) in [6, 6.07) is 23.0. The van der Waals surface area contributed by atoms with Gasteiger partial charge in [-0.25, -0.2) is 4.79 Å². The number of ketones is 1. The third-order valence-corrected chi connectivity index (χ3v) is 5.03. The minimum absolute atomic E-state index is 0.104. The summed E-state index contributed by atoms with van der Waals surface area (Å²) in [5.41, 5.74) is 0.0148. The molecule has 0 fully saturated rings. The molecule has 3 nitrogen and oxygen atoms in total. The molecule has 0 aliphatic carbocycles. The SMILES string of the molecule is O=C(CSc1ccc2ccccc2c1)c1cc2ccccc2oc1=O. The molecule has 0 N–H and O–H groups in total. The number of para-hydroxylation sites is 1. The van der Waals surface area contributed by atoms with Crippen molar-refractivity contribution in [2.24, 2.45) is 0 Å². The summed E-state index contributed by atoms with van der Waals surface area (Å²) in [4.78, 5) is 25.5. The van der Waals surface area contributed by atoms with Crippen molar-refractivity contribution in [3.63, 3.8) is 0 Å². The molecule has 0 unspecified atom stereocenters. The van der Waals surface area contributed by atoms with Crippen LogP contribution in [0, 0.1) is 0 Å². The number of thioether (sulfide) groups is 1. The maximum atomic E-state index is 12.5. The molecule has 122 valence electrons. The topological polar surface area (TPSA) is 47.3 Å². The molecular weight excluding hydrogens is 332 g/mol. The molecule has 0 spiro atoms. The van der Waals surface area contributed by atoms with Crippen LogP contribution in [0.5, 0.6) is 0 Å². The summed E-state index contributed by atoms with van der Waals surface area (Å²) in [6.45, 7) is 0. The predicted molar refractivity (Wildman–Crippen MR) is 101 cm³/mol. The monoisotopic (exact) mass is 346 g/mol. The molecule has 25 heavy (non-hydrogen) atoms. The molecule has 4 rings (SSSR count). The Morgan fingerprint density at radius 2 is 1.56 bits per heavy atom. The van der Waals surface area contributed by atoms with E-state index in [9.17, 15) is 9.59 Å². The molecule has 0 saturated carbocycles. The van der Waals surface area contributed by atoms with Gasteiger partial charge in [0.25, 0.3) is 0 Å². The third-order valence-electron chi connectivity index (χ3n) is 4.03. The second-order valence-corrected chi connectivity index (χ2v) is 6.75. The smallest absolute Gasteiger partial charge is 0.347 e. The van der Waals surface area contributed by atoms with Crippen molar-refractivity contribution in [2.75, 3.05) is 5.75 Å². The van der Waals surface area contributed by atoms with E-state index >= 15 is 0 Å². The highest BCUT2D eigenvalue weighted by Gasteiger charge is 2.14. The summed E-state index contributed by atoms with van der Waals surface area (Å²) in [5.74, 6) is -0.0285. The van der Waals surface area contributed by atoms with Crippen LogP contribution in [0.4, 0.5) is 0 Å². The third kappa shape index (κ3) is 3.21. The van der Waals surface area contributed by atoms with Gasteiger partial charge < -0.3 is 4.42 Å². The fraction of sp³-hybridized carbons (Fsp3) is 0.0476. The molecule has 0 radical (unpaired) electrons. The zero-order chi connectivity index (χ0) is 17.2. The molecule has 0 saturated heterocycles. The van der Waals surface area contributed by atoms with Crippen LogP contribution in [-0.2, 0) is 0 Å². The van der Waals surface area contributed by atoms with Gasteiger partial charge in [-0.05, 0) is 35.0 Å². The quantitative estimate of drug-likeness (QED) is 0.299. The highest BCUT2D eigenvalue weighted by Crippen LogP contribution is 2.24. The number of fused-ring (bicyclic) bond motifs is 2. The Kier molecular flexibility index (Phi) is 4.12. The molecule has 0 amide bonds. The van der Waals surface area contributed by atoms with E-state index < -0.39 is 5.63 Å². The van der Waals surface area contributed by atoms with Crippen LogP contribution in [0.25, 0.3) is 21.7 Å². The number of benzene rings is 3. The lowest BCUT2D eigenvalue weighted by Crippen LogP contribution is -2.15. The Morgan fingerprint density at radius 1 is 0.840 bits per heavy atom. The Labute approximate surface area is 148 Å². The Bertz CT molecular complexity index is 1140. The number of rotatable bonds is 4. The van der Waals surface area contributed by atoms with Crippen LogP contribution in [-0.4, -0.2) is 11.5 Å². The van der Waals surface area contributed by atoms with Gasteiger partial charge in [-0.1, -0.05) is 48.5 Å². The maximum absolute atomic E-state index is 12.5. The van der Waals surface area contributed by atoms with Crippen molar-refractivity contribution in [1.82, 2.24) is 0 Å². The molecule has 0 aliphatic heterocycles. The first kappa shape index (κ1) is 15.7. The Morgan fingerprint density at radius 3 is 2.40 bits per heavy atom. The Hall–Kier alpha value is -2.85. The predicted octanol–water partition coefficient (Wildman–Crippen LogP) is 4.92. The van der Waals surface area contributed by atoms with Crippen LogP contribution in [0.2, 0.25) is 0 Å². The fourth-order valence-electron chi connectivity index (χ4n) is 2.74. The first-order valence-electron chi connectivity index (χ1n) is 7.88. The number of carbonyl (C=O) groups excluding carboxylic acids is 1. The van der Waals surface area contributed by atoms with Crippen molar-refractivity contribution in [3.8, 4) is 0 Å². The van der Waals surface area contributed by atoms with Crippen LogP contribution in [0.15, 0.2) is 86.9 Å². The van der Waals surface area contributed by atoms with Gasteiger partial charge in [0.1, 0.15) is 11.1 Å². The summed E-state index contributed by atoms with van der Waals surface area (Å²) in [5, 5.41) is 3.04. The van der Waals surface area contributed by atoms with Crippen molar-refractivity contribution in [1.29, 1.82) is 0 Å². The van der Waals surface area contributed by atoms with Crippen molar-refractivity contribution in [3.05, 3.63) is 88.8 Å². The first-order chi connectivity index (χ1) is 12.2. The Balaban J connectivity index is 1.57. The van der Waals surface area contributed by atoms with E-state index in [1.165, 1.54) is 11.8 Å². The summed E-state index contributed by atoms with van der Waals surface area (Å²) >= 11 is 1.42. The second kappa shape index (κ2) is 6.57. The lowest BCUT2D eigenvalue weighted by molar-refractivity contribution is 0.101. The fourth-order valence-corrected chi connectivity index (χ4v) is 3.57. The minimum Gasteiger partial charge on any atom is -0.422 e. The zero-order valence-electron chi connectivity index (χ0n) is 13.3. The summed E-state index contributed by atoms with van der Waals surface area (Å²) < 4.78 is 5.24. The highest BCUT2D eigenvalue weighted by molar-refractivity contribution is 8.00. The van der Waals surface area contributed by atoms with Gasteiger partial charge in [0, 0.05) is 10.3 Å². The standard InChI is InChI=1S/C21H14O3S/c22-19(18-12-16-7-3-4-8-20(16)24-21(18)23)13-25-17-10-9-14-5-1-2-6-15(14)11-17/h1-12H,13H2. The molecule has 0 atom stereocenters. The van der Waals surface area contributed by atoms with Crippen LogP contribution >= 0.6 is 11.8 Å². The van der Waals surface area contributed by atoms with Gasteiger partial charge in [-0.2, -0.15) is 0 Å². The average molecular weight is 346 g/mol. The van der Waals surface area contributed by atoms with E-state index in [4.69, 9.17) is 4.42 Å². The van der Waals surface area contributed by atoms with Gasteiger partial charge in [0.2, 0.25) is 0 Å². The van der Waals surface area contributed by atoms with E-state index in [2.05, 4.69) is 12.1 Å². The minimum atomic E-state index is -0.581. The molecule has 0 bridgehead atoms. The molecule has 1 heterocycles.